The maximum atomic E-state index is 13.2. The summed E-state index contributed by atoms with van der Waals surface area (Å²) < 4.78 is 5.21. The smallest absolute Gasteiger partial charge is 0.289 e. The summed E-state index contributed by atoms with van der Waals surface area (Å²) in [6.07, 6.45) is 2.68. The Morgan fingerprint density at radius 2 is 1.96 bits per heavy atom. The van der Waals surface area contributed by atoms with Crippen LogP contribution in [0.5, 0.6) is 0 Å². The van der Waals surface area contributed by atoms with Crippen molar-refractivity contribution < 1.29 is 18.8 Å². The number of hydrogen-bond donors (Lipinski definition) is 1. The van der Waals surface area contributed by atoms with Gasteiger partial charge >= 0.3 is 0 Å². The Labute approximate surface area is 167 Å². The van der Waals surface area contributed by atoms with Crippen molar-refractivity contribution >= 4 is 17.7 Å². The van der Waals surface area contributed by atoms with E-state index in [0.29, 0.717) is 31.8 Å². The highest BCUT2D eigenvalue weighted by atomic mass is 16.3. The summed E-state index contributed by atoms with van der Waals surface area (Å²) in [6.45, 7) is 11.2. The Morgan fingerprint density at radius 1 is 1.25 bits per heavy atom. The van der Waals surface area contributed by atoms with E-state index in [2.05, 4.69) is 5.32 Å². The topological polar surface area (TPSA) is 82.9 Å². The maximum absolute atomic E-state index is 13.2. The van der Waals surface area contributed by atoms with Crippen molar-refractivity contribution in [1.29, 1.82) is 0 Å². The third-order valence-corrected chi connectivity index (χ3v) is 5.32. The number of nitrogens with one attached hydrogen (secondary N) is 1. The first-order chi connectivity index (χ1) is 13.2. The Hall–Kier alpha value is -2.31. The van der Waals surface area contributed by atoms with Crippen LogP contribution in [0.4, 0.5) is 0 Å². The van der Waals surface area contributed by atoms with Crippen molar-refractivity contribution in [3.63, 3.8) is 0 Å². The molecule has 1 fully saturated rings. The first-order valence-electron chi connectivity index (χ1n) is 10.2. The monoisotopic (exact) mass is 391 g/mol. The zero-order valence-electron chi connectivity index (χ0n) is 17.6. The fourth-order valence-electron chi connectivity index (χ4n) is 3.48. The molecule has 1 aliphatic heterocycles. The number of piperazine rings is 1. The molecule has 3 amide bonds. The van der Waals surface area contributed by atoms with Crippen LogP contribution in [0.25, 0.3) is 0 Å². The van der Waals surface area contributed by atoms with Crippen LogP contribution in [0.15, 0.2) is 22.8 Å². The molecule has 0 spiro atoms. The lowest BCUT2D eigenvalue weighted by atomic mass is 9.96. The van der Waals surface area contributed by atoms with Crippen LogP contribution >= 0.6 is 0 Å². The molecular formula is C21H33N3O4. The van der Waals surface area contributed by atoms with Crippen molar-refractivity contribution in [3.05, 3.63) is 24.2 Å². The van der Waals surface area contributed by atoms with E-state index >= 15 is 0 Å². The van der Waals surface area contributed by atoms with Gasteiger partial charge in [-0.1, -0.05) is 34.1 Å². The number of nitrogens with zero attached hydrogens (tertiary/aromatic N) is 2. The average Bonchev–Trinajstić information content (AvgIpc) is 3.18. The Morgan fingerprint density at radius 3 is 2.50 bits per heavy atom. The predicted molar refractivity (Wildman–Crippen MR) is 107 cm³/mol. The number of amides is 3. The molecule has 0 aromatic carbocycles. The van der Waals surface area contributed by atoms with Crippen LogP contribution in [-0.4, -0.2) is 59.2 Å². The molecule has 3 atom stereocenters. The Balaban J connectivity index is 2.03. The van der Waals surface area contributed by atoms with Crippen LogP contribution in [0, 0.1) is 11.8 Å². The van der Waals surface area contributed by atoms with E-state index in [1.54, 1.807) is 21.9 Å². The summed E-state index contributed by atoms with van der Waals surface area (Å²) in [6, 6.07) is 2.68. The normalized spacial score (nSPS) is 19.4. The first kappa shape index (κ1) is 22.0. The lowest BCUT2D eigenvalue weighted by Gasteiger charge is -2.41. The van der Waals surface area contributed by atoms with Gasteiger partial charge in [-0.2, -0.15) is 0 Å². The highest BCUT2D eigenvalue weighted by Crippen LogP contribution is 2.18. The predicted octanol–water partition coefficient (Wildman–Crippen LogP) is 2.53. The van der Waals surface area contributed by atoms with Crippen molar-refractivity contribution in [2.75, 3.05) is 19.6 Å². The van der Waals surface area contributed by atoms with Gasteiger partial charge in [0.2, 0.25) is 11.8 Å². The maximum Gasteiger partial charge on any atom is 0.289 e. The van der Waals surface area contributed by atoms with Crippen LogP contribution < -0.4 is 5.32 Å². The highest BCUT2D eigenvalue weighted by Gasteiger charge is 2.35. The second-order valence-corrected chi connectivity index (χ2v) is 8.14. The molecule has 0 bridgehead atoms. The minimum Gasteiger partial charge on any atom is -0.459 e. The van der Waals surface area contributed by atoms with Crippen molar-refractivity contribution in [1.82, 2.24) is 15.1 Å². The standard InChI is InChI=1S/C21H33N3O4/c1-6-15(4)19(22-18(25)12-14(2)3)21(27)23-9-10-24(16(5)13-23)20(26)17-8-7-11-28-17/h7-8,11,14-16,19H,6,9-10,12-13H2,1-5H3,(H,22,25). The van der Waals surface area contributed by atoms with E-state index in [1.807, 2.05) is 34.6 Å². The lowest BCUT2D eigenvalue weighted by molar-refractivity contribution is -0.140. The molecule has 7 nitrogen and oxygen atoms in total. The molecule has 3 unspecified atom stereocenters. The van der Waals surface area contributed by atoms with Gasteiger partial charge in [0.05, 0.1) is 6.26 Å². The van der Waals surface area contributed by atoms with Crippen LogP contribution in [0.1, 0.15) is 58.0 Å². The quantitative estimate of drug-likeness (QED) is 0.774. The van der Waals surface area contributed by atoms with Crippen molar-refractivity contribution in [3.8, 4) is 0 Å². The number of carbonyl (C=O) groups excluding carboxylic acids is 3. The zero-order valence-corrected chi connectivity index (χ0v) is 17.6. The fourth-order valence-corrected chi connectivity index (χ4v) is 3.48. The summed E-state index contributed by atoms with van der Waals surface area (Å²) >= 11 is 0. The van der Waals surface area contributed by atoms with Gasteiger partial charge in [0.15, 0.2) is 5.76 Å². The lowest BCUT2D eigenvalue weighted by Crippen LogP contribution is -2.60. The minimum absolute atomic E-state index is 0.0432. The number of furan rings is 1. The Bertz CT molecular complexity index is 671. The van der Waals surface area contributed by atoms with E-state index in [1.165, 1.54) is 6.26 Å². The van der Waals surface area contributed by atoms with Gasteiger partial charge in [0.1, 0.15) is 6.04 Å². The summed E-state index contributed by atoms with van der Waals surface area (Å²) in [4.78, 5) is 41.5. The van der Waals surface area contributed by atoms with Crippen molar-refractivity contribution in [2.45, 2.75) is 59.5 Å². The fraction of sp³-hybridized carbons (Fsp3) is 0.667. The van der Waals surface area contributed by atoms with Gasteiger partial charge in [-0.3, -0.25) is 14.4 Å². The van der Waals surface area contributed by atoms with Gasteiger partial charge in [-0.25, -0.2) is 0 Å². The molecular weight excluding hydrogens is 358 g/mol. The van der Waals surface area contributed by atoms with Gasteiger partial charge in [-0.05, 0) is 30.9 Å². The summed E-state index contributed by atoms with van der Waals surface area (Å²) in [7, 11) is 0. The molecule has 1 N–H and O–H groups in total. The molecule has 1 saturated heterocycles. The second kappa shape index (κ2) is 9.75. The van der Waals surface area contributed by atoms with E-state index in [4.69, 9.17) is 4.42 Å². The molecule has 28 heavy (non-hydrogen) atoms. The average molecular weight is 392 g/mol. The zero-order chi connectivity index (χ0) is 20.8. The molecule has 1 aromatic rings. The molecule has 0 saturated carbocycles. The number of carbonyl (C=O) groups is 3. The molecule has 2 rings (SSSR count). The van der Waals surface area contributed by atoms with E-state index in [-0.39, 0.29) is 35.6 Å². The van der Waals surface area contributed by atoms with Crippen LogP contribution in [-0.2, 0) is 9.59 Å². The van der Waals surface area contributed by atoms with Gasteiger partial charge in [0.25, 0.3) is 5.91 Å². The SMILES string of the molecule is CCC(C)C(NC(=O)CC(C)C)C(=O)N1CCN(C(=O)c2ccco2)C(C)C1. The number of rotatable bonds is 7. The van der Waals surface area contributed by atoms with E-state index in [0.717, 1.165) is 6.42 Å². The van der Waals surface area contributed by atoms with Gasteiger partial charge in [-0.15, -0.1) is 0 Å². The summed E-state index contributed by atoms with van der Waals surface area (Å²) in [5, 5.41) is 2.94. The Kier molecular flexibility index (Phi) is 7.66. The van der Waals surface area contributed by atoms with Gasteiger partial charge < -0.3 is 19.5 Å². The molecule has 1 aromatic heterocycles. The molecule has 2 heterocycles. The molecule has 0 aliphatic carbocycles. The third-order valence-electron chi connectivity index (χ3n) is 5.32. The molecule has 7 heteroatoms. The second-order valence-electron chi connectivity index (χ2n) is 8.14. The van der Waals surface area contributed by atoms with Crippen LogP contribution in [0.2, 0.25) is 0 Å². The highest BCUT2D eigenvalue weighted by molar-refractivity contribution is 5.92. The minimum atomic E-state index is -0.532. The third kappa shape index (κ3) is 5.36. The van der Waals surface area contributed by atoms with E-state index in [9.17, 15) is 14.4 Å². The molecule has 156 valence electrons. The molecule has 1 aliphatic rings. The van der Waals surface area contributed by atoms with Crippen molar-refractivity contribution in [2.24, 2.45) is 11.8 Å². The summed E-state index contributed by atoms with van der Waals surface area (Å²) in [5.41, 5.74) is 0. The van der Waals surface area contributed by atoms with Crippen LogP contribution in [0.3, 0.4) is 0 Å². The van der Waals surface area contributed by atoms with E-state index < -0.39 is 6.04 Å². The largest absolute Gasteiger partial charge is 0.459 e. The number of hydrogen-bond acceptors (Lipinski definition) is 4. The molecule has 0 radical (unpaired) electrons. The van der Waals surface area contributed by atoms with Gasteiger partial charge in [0, 0.05) is 32.1 Å². The first-order valence-corrected chi connectivity index (χ1v) is 10.2. The summed E-state index contributed by atoms with van der Waals surface area (Å²) in [5.74, 6) is 0.278.